The van der Waals surface area contributed by atoms with Gasteiger partial charge >= 0.3 is 0 Å². The number of fused-ring (bicyclic) bond motifs is 2. The summed E-state index contributed by atoms with van der Waals surface area (Å²) in [6.07, 6.45) is 0.952. The average Bonchev–Trinajstić information content (AvgIpc) is 3.04. The number of nitrogens with zero attached hydrogens (tertiary/aromatic N) is 5. The van der Waals surface area contributed by atoms with Crippen LogP contribution in [-0.2, 0) is 30.8 Å². The van der Waals surface area contributed by atoms with Gasteiger partial charge < -0.3 is 9.47 Å². The van der Waals surface area contributed by atoms with Crippen molar-refractivity contribution in [3.63, 3.8) is 0 Å². The second kappa shape index (κ2) is 6.59. The second-order valence-corrected chi connectivity index (χ2v) is 7.33. The number of carbonyl (C=O) groups excluding carboxylic acids is 1. The summed E-state index contributed by atoms with van der Waals surface area (Å²) in [6, 6.07) is 8.43. The molecule has 0 saturated heterocycles. The minimum absolute atomic E-state index is 0.214. The molecule has 0 saturated carbocycles. The van der Waals surface area contributed by atoms with Gasteiger partial charge in [0.05, 0.1) is 13.1 Å². The summed E-state index contributed by atoms with van der Waals surface area (Å²) in [7, 11) is 0. The highest BCUT2D eigenvalue weighted by Crippen LogP contribution is 2.20. The molecule has 6 heteroatoms. The summed E-state index contributed by atoms with van der Waals surface area (Å²) < 4.78 is 2.21. The number of hydrogen-bond acceptors (Lipinski definition) is 4. The summed E-state index contributed by atoms with van der Waals surface area (Å²) in [4.78, 5) is 16.9. The van der Waals surface area contributed by atoms with E-state index in [1.54, 1.807) is 0 Å². The first-order valence-corrected chi connectivity index (χ1v) is 9.10. The Hall–Kier alpha value is -2.21. The number of carbonyl (C=O) groups is 1. The molecule has 4 rings (SSSR count). The molecular formula is C19H25N5O. The van der Waals surface area contributed by atoms with Crippen LogP contribution >= 0.6 is 0 Å². The normalized spacial score (nSPS) is 17.5. The van der Waals surface area contributed by atoms with Crippen LogP contribution in [0.2, 0.25) is 0 Å². The van der Waals surface area contributed by atoms with E-state index >= 15 is 0 Å². The summed E-state index contributed by atoms with van der Waals surface area (Å²) in [5, 5.41) is 8.64. The smallest absolute Gasteiger partial charge is 0.237 e. The van der Waals surface area contributed by atoms with E-state index in [9.17, 15) is 4.79 Å². The topological polar surface area (TPSA) is 54.3 Å². The third-order valence-corrected chi connectivity index (χ3v) is 5.22. The van der Waals surface area contributed by atoms with Crippen LogP contribution in [-0.4, -0.2) is 50.1 Å². The molecule has 0 radical (unpaired) electrons. The molecule has 1 aromatic carbocycles. The minimum Gasteiger partial charge on any atom is -0.337 e. The molecule has 2 aliphatic rings. The molecule has 0 bridgehead atoms. The molecule has 0 N–H and O–H groups in total. The van der Waals surface area contributed by atoms with Gasteiger partial charge in [0, 0.05) is 32.1 Å². The minimum atomic E-state index is 0.214. The van der Waals surface area contributed by atoms with Crippen molar-refractivity contribution in [2.24, 2.45) is 0 Å². The van der Waals surface area contributed by atoms with E-state index in [0.717, 1.165) is 44.2 Å². The maximum absolute atomic E-state index is 12.7. The molecule has 6 nitrogen and oxygen atoms in total. The Labute approximate surface area is 148 Å². The molecule has 132 valence electrons. The lowest BCUT2D eigenvalue weighted by molar-refractivity contribution is -0.133. The van der Waals surface area contributed by atoms with Gasteiger partial charge in [-0.05, 0) is 17.5 Å². The van der Waals surface area contributed by atoms with Crippen LogP contribution < -0.4 is 0 Å². The summed E-state index contributed by atoms with van der Waals surface area (Å²) in [5.74, 6) is 2.62. The zero-order valence-electron chi connectivity index (χ0n) is 15.0. The van der Waals surface area contributed by atoms with Crippen molar-refractivity contribution in [2.45, 2.75) is 45.8 Å². The van der Waals surface area contributed by atoms with Crippen molar-refractivity contribution < 1.29 is 4.79 Å². The highest BCUT2D eigenvalue weighted by molar-refractivity contribution is 5.78. The van der Waals surface area contributed by atoms with Crippen LogP contribution in [0, 0.1) is 0 Å². The molecule has 1 aromatic heterocycles. The third kappa shape index (κ3) is 3.18. The Kier molecular flexibility index (Phi) is 4.29. The SMILES string of the molecule is CC(C)c1nnc2n1CCN(CC(=O)N1CCc3ccccc3C1)C2. The Balaban J connectivity index is 1.39. The standard InChI is InChI=1S/C19H25N5O/c1-14(2)19-21-20-17-12-22(9-10-24(17)19)13-18(25)23-8-7-15-5-3-4-6-16(15)11-23/h3-6,14H,7-13H2,1-2H3. The quantitative estimate of drug-likeness (QED) is 0.856. The van der Waals surface area contributed by atoms with E-state index in [1.165, 1.54) is 11.1 Å². The van der Waals surface area contributed by atoms with Gasteiger partial charge in [-0.15, -0.1) is 10.2 Å². The summed E-state index contributed by atoms with van der Waals surface area (Å²) in [5.41, 5.74) is 2.65. The molecule has 25 heavy (non-hydrogen) atoms. The highest BCUT2D eigenvalue weighted by Gasteiger charge is 2.26. The Morgan fingerprint density at radius 3 is 2.68 bits per heavy atom. The van der Waals surface area contributed by atoms with Gasteiger partial charge in [-0.2, -0.15) is 0 Å². The summed E-state index contributed by atoms with van der Waals surface area (Å²) >= 11 is 0. The van der Waals surface area contributed by atoms with Gasteiger partial charge in [-0.25, -0.2) is 0 Å². The molecule has 0 fully saturated rings. The fraction of sp³-hybridized carbons (Fsp3) is 0.526. The maximum Gasteiger partial charge on any atom is 0.237 e. The lowest BCUT2D eigenvalue weighted by atomic mass is 10.00. The van der Waals surface area contributed by atoms with Gasteiger partial charge in [0.15, 0.2) is 0 Å². The van der Waals surface area contributed by atoms with E-state index in [1.807, 2.05) is 4.90 Å². The van der Waals surface area contributed by atoms with E-state index in [4.69, 9.17) is 0 Å². The Bertz CT molecular complexity index is 782. The zero-order valence-corrected chi connectivity index (χ0v) is 15.0. The van der Waals surface area contributed by atoms with E-state index < -0.39 is 0 Å². The number of benzene rings is 1. The fourth-order valence-corrected chi connectivity index (χ4v) is 3.79. The van der Waals surface area contributed by atoms with E-state index in [2.05, 4.69) is 57.8 Å². The largest absolute Gasteiger partial charge is 0.337 e. The molecule has 2 aromatic rings. The van der Waals surface area contributed by atoms with E-state index in [0.29, 0.717) is 19.0 Å². The first-order valence-electron chi connectivity index (χ1n) is 9.10. The second-order valence-electron chi connectivity index (χ2n) is 7.33. The van der Waals surface area contributed by atoms with Crippen LogP contribution in [0.4, 0.5) is 0 Å². The van der Waals surface area contributed by atoms with Crippen molar-refractivity contribution in [1.29, 1.82) is 0 Å². The van der Waals surface area contributed by atoms with Crippen molar-refractivity contribution >= 4 is 5.91 Å². The molecule has 2 aliphatic heterocycles. The Morgan fingerprint density at radius 1 is 1.08 bits per heavy atom. The van der Waals surface area contributed by atoms with Crippen molar-refractivity contribution in [3.8, 4) is 0 Å². The first-order chi connectivity index (χ1) is 12.1. The first kappa shape index (κ1) is 16.3. The van der Waals surface area contributed by atoms with E-state index in [-0.39, 0.29) is 5.91 Å². The van der Waals surface area contributed by atoms with Crippen LogP contribution in [0.5, 0.6) is 0 Å². The average molecular weight is 339 g/mol. The highest BCUT2D eigenvalue weighted by atomic mass is 16.2. The van der Waals surface area contributed by atoms with Gasteiger partial charge in [-0.3, -0.25) is 9.69 Å². The predicted octanol–water partition coefficient (Wildman–Crippen LogP) is 1.80. The number of rotatable bonds is 3. The van der Waals surface area contributed by atoms with Crippen molar-refractivity contribution in [1.82, 2.24) is 24.6 Å². The molecule has 0 aliphatic carbocycles. The third-order valence-electron chi connectivity index (χ3n) is 5.22. The van der Waals surface area contributed by atoms with Crippen LogP contribution in [0.3, 0.4) is 0 Å². The number of aromatic nitrogens is 3. The van der Waals surface area contributed by atoms with Crippen LogP contribution in [0.15, 0.2) is 24.3 Å². The molecule has 1 amide bonds. The van der Waals surface area contributed by atoms with Gasteiger partial charge in [-0.1, -0.05) is 38.1 Å². The lowest BCUT2D eigenvalue weighted by Gasteiger charge is -2.32. The molecule has 0 atom stereocenters. The Morgan fingerprint density at radius 2 is 1.88 bits per heavy atom. The molecular weight excluding hydrogens is 314 g/mol. The predicted molar refractivity (Wildman–Crippen MR) is 95.0 cm³/mol. The summed E-state index contributed by atoms with van der Waals surface area (Å²) in [6.45, 7) is 8.74. The lowest BCUT2D eigenvalue weighted by Crippen LogP contribution is -2.45. The zero-order chi connectivity index (χ0) is 17.4. The number of amides is 1. The van der Waals surface area contributed by atoms with Crippen molar-refractivity contribution in [2.75, 3.05) is 19.6 Å². The van der Waals surface area contributed by atoms with Gasteiger partial charge in [0.2, 0.25) is 5.91 Å². The monoisotopic (exact) mass is 339 g/mol. The van der Waals surface area contributed by atoms with Crippen LogP contribution in [0.25, 0.3) is 0 Å². The van der Waals surface area contributed by atoms with Crippen molar-refractivity contribution in [3.05, 3.63) is 47.0 Å². The molecule has 0 unspecified atom stereocenters. The van der Waals surface area contributed by atoms with Gasteiger partial charge in [0.1, 0.15) is 11.6 Å². The fourth-order valence-electron chi connectivity index (χ4n) is 3.79. The number of hydrogen-bond donors (Lipinski definition) is 0. The molecule has 3 heterocycles. The van der Waals surface area contributed by atoms with Gasteiger partial charge in [0.25, 0.3) is 0 Å². The van der Waals surface area contributed by atoms with Crippen LogP contribution in [0.1, 0.15) is 42.5 Å². The molecule has 0 spiro atoms. The maximum atomic E-state index is 12.7.